The van der Waals surface area contributed by atoms with Gasteiger partial charge in [0.25, 0.3) is 0 Å². The minimum absolute atomic E-state index is 0.136. The lowest BCUT2D eigenvalue weighted by Crippen LogP contribution is -2.42. The van der Waals surface area contributed by atoms with Crippen LogP contribution in [0.25, 0.3) is 11.1 Å². The molecule has 2 aromatic rings. The highest BCUT2D eigenvalue weighted by Gasteiger charge is 2.54. The van der Waals surface area contributed by atoms with Crippen LogP contribution < -0.4 is 0 Å². The highest BCUT2D eigenvalue weighted by Crippen LogP contribution is 2.42. The molecule has 0 saturated carbocycles. The van der Waals surface area contributed by atoms with Crippen molar-refractivity contribution in [1.82, 2.24) is 0 Å². The lowest BCUT2D eigenvalue weighted by Gasteiger charge is -2.30. The fourth-order valence-corrected chi connectivity index (χ4v) is 2.65. The van der Waals surface area contributed by atoms with Crippen LogP contribution in [-0.4, -0.2) is 11.3 Å². The van der Waals surface area contributed by atoms with E-state index in [1.165, 1.54) is 12.1 Å². The zero-order chi connectivity index (χ0) is 16.5. The predicted molar refractivity (Wildman–Crippen MR) is 78.5 cm³/mol. The number of alkyl halides is 3. The summed E-state index contributed by atoms with van der Waals surface area (Å²) in [6.07, 6.45) is -4.83. The quantitative estimate of drug-likeness (QED) is 0.850. The first kappa shape index (κ1) is 16.6. The van der Waals surface area contributed by atoms with E-state index in [0.717, 1.165) is 16.9 Å². The molecule has 22 heavy (non-hydrogen) atoms. The van der Waals surface area contributed by atoms with E-state index in [2.05, 4.69) is 0 Å². The molecule has 0 spiro atoms. The first-order valence-corrected chi connectivity index (χ1v) is 7.16. The van der Waals surface area contributed by atoms with Crippen molar-refractivity contribution in [2.75, 3.05) is 0 Å². The second-order valence-corrected chi connectivity index (χ2v) is 5.51. The van der Waals surface area contributed by atoms with E-state index in [9.17, 15) is 18.3 Å². The Labute approximate surface area is 127 Å². The number of hydrogen-bond acceptors (Lipinski definition) is 2. The van der Waals surface area contributed by atoms with Crippen molar-refractivity contribution in [2.24, 2.45) is 0 Å². The summed E-state index contributed by atoms with van der Waals surface area (Å²) in [6, 6.07) is 7.67. The molecule has 1 atom stereocenters. The number of aliphatic hydroxyl groups is 1. The summed E-state index contributed by atoms with van der Waals surface area (Å²) in [5.41, 5.74) is -1.33. The molecule has 0 aliphatic carbocycles. The molecular weight excluding hydrogens is 293 g/mol. The maximum atomic E-state index is 13.2. The minimum Gasteiger partial charge on any atom is -0.466 e. The maximum Gasteiger partial charge on any atom is 0.421 e. The van der Waals surface area contributed by atoms with Gasteiger partial charge in [0.05, 0.1) is 0 Å². The van der Waals surface area contributed by atoms with Crippen LogP contribution in [0.4, 0.5) is 13.2 Å². The third kappa shape index (κ3) is 2.90. The lowest BCUT2D eigenvalue weighted by atomic mass is 9.87. The minimum atomic E-state index is -4.70. The summed E-state index contributed by atoms with van der Waals surface area (Å²) in [4.78, 5) is 0. The Morgan fingerprint density at radius 2 is 1.68 bits per heavy atom. The highest BCUT2D eigenvalue weighted by atomic mass is 19.4. The zero-order valence-electron chi connectivity index (χ0n) is 12.8. The summed E-state index contributed by atoms with van der Waals surface area (Å²) in [5, 5.41) is 10.1. The molecule has 0 aliphatic rings. The van der Waals surface area contributed by atoms with Crippen LogP contribution in [0.2, 0.25) is 0 Å². The van der Waals surface area contributed by atoms with Gasteiger partial charge in [-0.25, -0.2) is 0 Å². The van der Waals surface area contributed by atoms with E-state index in [-0.39, 0.29) is 18.4 Å². The molecule has 0 bridgehead atoms. The van der Waals surface area contributed by atoms with Crippen LogP contribution in [0, 0.1) is 13.8 Å². The molecule has 1 heterocycles. The van der Waals surface area contributed by atoms with Crippen molar-refractivity contribution < 1.29 is 22.7 Å². The van der Waals surface area contributed by atoms with Crippen molar-refractivity contribution in [3.05, 3.63) is 47.4 Å². The normalized spacial score (nSPS) is 14.9. The molecule has 2 nitrogen and oxygen atoms in total. The van der Waals surface area contributed by atoms with Crippen molar-refractivity contribution >= 4 is 0 Å². The number of benzene rings is 1. The Bertz CT molecular complexity index is 641. The molecule has 0 radical (unpaired) electrons. The topological polar surface area (TPSA) is 33.4 Å². The third-order valence-electron chi connectivity index (χ3n) is 3.80. The number of aryl methyl sites for hydroxylation is 2. The number of hydrogen-bond donors (Lipinski definition) is 1. The molecule has 1 aromatic carbocycles. The van der Waals surface area contributed by atoms with Crippen LogP contribution in [0.5, 0.6) is 0 Å². The van der Waals surface area contributed by atoms with E-state index in [1.54, 1.807) is 26.0 Å². The molecule has 0 aliphatic heterocycles. The van der Waals surface area contributed by atoms with Crippen molar-refractivity contribution in [3.8, 4) is 11.1 Å². The molecule has 0 saturated heterocycles. The Morgan fingerprint density at radius 3 is 2.09 bits per heavy atom. The molecule has 2 rings (SSSR count). The first-order valence-electron chi connectivity index (χ1n) is 7.16. The number of halogens is 3. The Kier molecular flexibility index (Phi) is 4.38. The summed E-state index contributed by atoms with van der Waals surface area (Å²) in [6.45, 7) is 5.23. The zero-order valence-corrected chi connectivity index (χ0v) is 12.8. The van der Waals surface area contributed by atoms with Crippen molar-refractivity contribution in [1.29, 1.82) is 0 Å². The second-order valence-electron chi connectivity index (χ2n) is 5.51. The lowest BCUT2D eigenvalue weighted by molar-refractivity contribution is -0.269. The van der Waals surface area contributed by atoms with E-state index >= 15 is 0 Å². The van der Waals surface area contributed by atoms with Gasteiger partial charge in [0.15, 0.2) is 5.60 Å². The van der Waals surface area contributed by atoms with E-state index in [1.807, 2.05) is 13.0 Å². The van der Waals surface area contributed by atoms with Gasteiger partial charge in [-0.15, -0.1) is 0 Å². The number of furan rings is 1. The smallest absolute Gasteiger partial charge is 0.421 e. The van der Waals surface area contributed by atoms with Crippen LogP contribution in [0.3, 0.4) is 0 Å². The summed E-state index contributed by atoms with van der Waals surface area (Å²) in [5.74, 6) is 1.46. The average Bonchev–Trinajstić information content (AvgIpc) is 2.77. The molecule has 1 unspecified atom stereocenters. The van der Waals surface area contributed by atoms with Gasteiger partial charge in [-0.1, -0.05) is 37.6 Å². The molecule has 1 N–H and O–H groups in total. The van der Waals surface area contributed by atoms with Gasteiger partial charge >= 0.3 is 6.18 Å². The highest BCUT2D eigenvalue weighted by molar-refractivity contribution is 5.66. The molecule has 120 valence electrons. The molecular formula is C17H19F3O2. The molecule has 5 heteroatoms. The SMILES string of the molecule is CCCC(O)(c1ccc(-c2cc(C)oc2C)cc1)C(F)(F)F. The maximum absolute atomic E-state index is 13.2. The van der Waals surface area contributed by atoms with Crippen LogP contribution >= 0.6 is 0 Å². The van der Waals surface area contributed by atoms with Gasteiger partial charge in [0.2, 0.25) is 0 Å². The largest absolute Gasteiger partial charge is 0.466 e. The van der Waals surface area contributed by atoms with Crippen LogP contribution in [-0.2, 0) is 5.60 Å². The Hall–Kier alpha value is -1.75. The van der Waals surface area contributed by atoms with Gasteiger partial charge in [-0.3, -0.25) is 0 Å². The molecule has 0 fully saturated rings. The monoisotopic (exact) mass is 312 g/mol. The van der Waals surface area contributed by atoms with Crippen molar-refractivity contribution in [3.63, 3.8) is 0 Å². The average molecular weight is 312 g/mol. The van der Waals surface area contributed by atoms with Gasteiger partial charge in [-0.2, -0.15) is 13.2 Å². The fourth-order valence-electron chi connectivity index (χ4n) is 2.65. The van der Waals surface area contributed by atoms with E-state index < -0.39 is 11.8 Å². The summed E-state index contributed by atoms with van der Waals surface area (Å²) >= 11 is 0. The first-order chi connectivity index (χ1) is 10.2. The van der Waals surface area contributed by atoms with E-state index in [4.69, 9.17) is 4.42 Å². The van der Waals surface area contributed by atoms with Crippen LogP contribution in [0.1, 0.15) is 36.8 Å². The standard InChI is InChI=1S/C17H19F3O2/c1-4-9-16(21,17(18,19)20)14-7-5-13(6-8-14)15-10-11(2)22-12(15)3/h5-8,10,21H,4,9H2,1-3H3. The second kappa shape index (κ2) is 5.80. The van der Waals surface area contributed by atoms with Gasteiger partial charge < -0.3 is 9.52 Å². The fraction of sp³-hybridized carbons (Fsp3) is 0.412. The van der Waals surface area contributed by atoms with Crippen LogP contribution in [0.15, 0.2) is 34.7 Å². The molecule has 1 aromatic heterocycles. The Balaban J connectivity index is 2.41. The summed E-state index contributed by atoms with van der Waals surface area (Å²) < 4.78 is 45.0. The third-order valence-corrected chi connectivity index (χ3v) is 3.80. The van der Waals surface area contributed by atoms with E-state index in [0.29, 0.717) is 5.76 Å². The van der Waals surface area contributed by atoms with Gasteiger partial charge in [0.1, 0.15) is 11.5 Å². The van der Waals surface area contributed by atoms with Gasteiger partial charge in [-0.05, 0) is 37.5 Å². The number of rotatable bonds is 4. The Morgan fingerprint density at radius 1 is 1.09 bits per heavy atom. The summed E-state index contributed by atoms with van der Waals surface area (Å²) in [7, 11) is 0. The van der Waals surface area contributed by atoms with Gasteiger partial charge in [0, 0.05) is 5.56 Å². The van der Waals surface area contributed by atoms with Crippen molar-refractivity contribution in [2.45, 2.75) is 45.4 Å². The predicted octanol–water partition coefficient (Wildman–Crippen LogP) is 5.11. The molecule has 0 amide bonds.